The first-order valence-corrected chi connectivity index (χ1v) is 7.39. The molecule has 112 valence electrons. The Kier molecular flexibility index (Phi) is 4.56. The van der Waals surface area contributed by atoms with Gasteiger partial charge in [-0.3, -0.25) is 4.98 Å². The lowest BCUT2D eigenvalue weighted by Crippen LogP contribution is -2.13. The van der Waals surface area contributed by atoms with Crippen LogP contribution in [0.2, 0.25) is 0 Å². The molecule has 0 amide bonds. The largest absolute Gasteiger partial charge is 0.370 e. The van der Waals surface area contributed by atoms with Crippen LogP contribution in [0.15, 0.2) is 30.7 Å². The summed E-state index contributed by atoms with van der Waals surface area (Å²) in [5, 5.41) is 3.32. The van der Waals surface area contributed by atoms with Crippen molar-refractivity contribution in [2.45, 2.75) is 40.0 Å². The molecule has 0 atom stereocenters. The van der Waals surface area contributed by atoms with Gasteiger partial charge in [-0.1, -0.05) is 34.6 Å². The average molecular weight is 284 g/mol. The van der Waals surface area contributed by atoms with Crippen molar-refractivity contribution in [3.63, 3.8) is 0 Å². The van der Waals surface area contributed by atoms with Crippen molar-refractivity contribution in [1.82, 2.24) is 15.0 Å². The highest BCUT2D eigenvalue weighted by molar-refractivity contribution is 5.61. The van der Waals surface area contributed by atoms with E-state index in [1.54, 1.807) is 6.33 Å². The van der Waals surface area contributed by atoms with E-state index in [4.69, 9.17) is 0 Å². The topological polar surface area (TPSA) is 50.7 Å². The van der Waals surface area contributed by atoms with Crippen molar-refractivity contribution in [2.24, 2.45) is 5.92 Å². The van der Waals surface area contributed by atoms with Crippen LogP contribution in [-0.2, 0) is 5.41 Å². The van der Waals surface area contributed by atoms with Gasteiger partial charge in [0.1, 0.15) is 12.1 Å². The van der Waals surface area contributed by atoms with Gasteiger partial charge in [-0.05, 0) is 18.1 Å². The predicted molar refractivity (Wildman–Crippen MR) is 87.3 cm³/mol. The molecule has 2 rings (SSSR count). The van der Waals surface area contributed by atoms with Crippen LogP contribution in [0, 0.1) is 5.92 Å². The van der Waals surface area contributed by atoms with Crippen LogP contribution < -0.4 is 5.32 Å². The molecule has 0 fully saturated rings. The molecule has 0 bridgehead atoms. The molecule has 0 aliphatic carbocycles. The Morgan fingerprint density at radius 3 is 2.43 bits per heavy atom. The summed E-state index contributed by atoms with van der Waals surface area (Å²) in [6.45, 7) is 11.7. The second-order valence-electron chi connectivity index (χ2n) is 6.75. The summed E-state index contributed by atoms with van der Waals surface area (Å²) in [6.07, 6.45) is 3.48. The number of nitrogens with zero attached hydrogens (tertiary/aromatic N) is 3. The third-order valence-electron chi connectivity index (χ3n) is 3.19. The molecule has 0 saturated carbocycles. The standard InChI is InChI=1S/C17H24N4/c1-12(2)9-19-16-8-14(20-11-21-16)13-6-7-15(18-10-13)17(3,4)5/h6-8,10-12H,9H2,1-5H3,(H,19,20,21). The van der Waals surface area contributed by atoms with Crippen LogP contribution >= 0.6 is 0 Å². The fourth-order valence-electron chi connectivity index (χ4n) is 1.91. The minimum absolute atomic E-state index is 0.0637. The lowest BCUT2D eigenvalue weighted by atomic mass is 9.91. The van der Waals surface area contributed by atoms with E-state index in [-0.39, 0.29) is 5.41 Å². The minimum Gasteiger partial charge on any atom is -0.370 e. The van der Waals surface area contributed by atoms with E-state index in [0.717, 1.165) is 29.3 Å². The number of pyridine rings is 1. The van der Waals surface area contributed by atoms with Crippen molar-refractivity contribution < 1.29 is 0 Å². The molecule has 21 heavy (non-hydrogen) atoms. The van der Waals surface area contributed by atoms with Gasteiger partial charge < -0.3 is 5.32 Å². The minimum atomic E-state index is 0.0637. The molecular weight excluding hydrogens is 260 g/mol. The molecule has 1 N–H and O–H groups in total. The number of aromatic nitrogens is 3. The highest BCUT2D eigenvalue weighted by atomic mass is 15.0. The highest BCUT2D eigenvalue weighted by Gasteiger charge is 2.15. The molecule has 2 aromatic heterocycles. The first kappa shape index (κ1) is 15.4. The fraction of sp³-hybridized carbons (Fsp3) is 0.471. The zero-order chi connectivity index (χ0) is 15.5. The van der Waals surface area contributed by atoms with Crippen molar-refractivity contribution in [1.29, 1.82) is 0 Å². The lowest BCUT2D eigenvalue weighted by Gasteiger charge is -2.17. The first-order valence-electron chi connectivity index (χ1n) is 7.39. The third-order valence-corrected chi connectivity index (χ3v) is 3.19. The number of hydrogen-bond acceptors (Lipinski definition) is 4. The van der Waals surface area contributed by atoms with Crippen molar-refractivity contribution in [3.8, 4) is 11.3 Å². The molecule has 2 aromatic rings. The molecule has 4 heteroatoms. The summed E-state index contributed by atoms with van der Waals surface area (Å²) in [5.41, 5.74) is 3.05. The maximum absolute atomic E-state index is 4.55. The summed E-state index contributed by atoms with van der Waals surface area (Å²) in [7, 11) is 0. The maximum atomic E-state index is 4.55. The van der Waals surface area contributed by atoms with E-state index < -0.39 is 0 Å². The van der Waals surface area contributed by atoms with Gasteiger partial charge in [0.05, 0.1) is 5.69 Å². The first-order chi connectivity index (χ1) is 9.86. The Morgan fingerprint density at radius 1 is 1.10 bits per heavy atom. The van der Waals surface area contributed by atoms with Gasteiger partial charge in [0.2, 0.25) is 0 Å². The van der Waals surface area contributed by atoms with Gasteiger partial charge in [0.15, 0.2) is 0 Å². The van der Waals surface area contributed by atoms with Gasteiger partial charge in [-0.25, -0.2) is 9.97 Å². The monoisotopic (exact) mass is 284 g/mol. The van der Waals surface area contributed by atoms with E-state index >= 15 is 0 Å². The summed E-state index contributed by atoms with van der Waals surface area (Å²) in [5.74, 6) is 1.43. The van der Waals surface area contributed by atoms with Crippen molar-refractivity contribution >= 4 is 5.82 Å². The Hall–Kier alpha value is -1.97. The molecule has 0 aromatic carbocycles. The summed E-state index contributed by atoms with van der Waals surface area (Å²) in [4.78, 5) is 13.1. The van der Waals surface area contributed by atoms with Crippen LogP contribution in [0.25, 0.3) is 11.3 Å². The second kappa shape index (κ2) is 6.20. The van der Waals surface area contributed by atoms with Crippen molar-refractivity contribution in [3.05, 3.63) is 36.4 Å². The molecule has 0 unspecified atom stereocenters. The van der Waals surface area contributed by atoms with Crippen LogP contribution in [0.4, 0.5) is 5.82 Å². The molecule has 2 heterocycles. The predicted octanol–water partition coefficient (Wildman–Crippen LogP) is 3.90. The van der Waals surface area contributed by atoms with Gasteiger partial charge in [-0.15, -0.1) is 0 Å². The van der Waals surface area contributed by atoms with E-state index in [1.807, 2.05) is 12.3 Å². The van der Waals surface area contributed by atoms with Gasteiger partial charge >= 0.3 is 0 Å². The number of hydrogen-bond donors (Lipinski definition) is 1. The quantitative estimate of drug-likeness (QED) is 0.925. The molecule has 0 aliphatic rings. The van der Waals surface area contributed by atoms with Crippen LogP contribution in [0.5, 0.6) is 0 Å². The fourth-order valence-corrected chi connectivity index (χ4v) is 1.91. The molecular formula is C17H24N4. The number of rotatable bonds is 4. The van der Waals surface area contributed by atoms with Gasteiger partial charge in [0.25, 0.3) is 0 Å². The van der Waals surface area contributed by atoms with Crippen molar-refractivity contribution in [2.75, 3.05) is 11.9 Å². The average Bonchev–Trinajstić information content (AvgIpc) is 2.45. The number of anilines is 1. The van der Waals surface area contributed by atoms with Crippen LogP contribution in [0.1, 0.15) is 40.3 Å². The Balaban J connectivity index is 2.20. The molecule has 0 radical (unpaired) electrons. The van der Waals surface area contributed by atoms with E-state index in [2.05, 4.69) is 67.0 Å². The van der Waals surface area contributed by atoms with E-state index in [0.29, 0.717) is 5.92 Å². The van der Waals surface area contributed by atoms with Gasteiger partial charge in [-0.2, -0.15) is 0 Å². The summed E-state index contributed by atoms with van der Waals surface area (Å²) in [6, 6.07) is 6.11. The summed E-state index contributed by atoms with van der Waals surface area (Å²) >= 11 is 0. The van der Waals surface area contributed by atoms with E-state index in [9.17, 15) is 0 Å². The molecule has 4 nitrogen and oxygen atoms in total. The summed E-state index contributed by atoms with van der Waals surface area (Å²) < 4.78 is 0. The molecule has 0 aliphatic heterocycles. The number of nitrogens with one attached hydrogen (secondary N) is 1. The zero-order valence-corrected chi connectivity index (χ0v) is 13.5. The SMILES string of the molecule is CC(C)CNc1cc(-c2ccc(C(C)(C)C)nc2)ncn1. The lowest BCUT2D eigenvalue weighted by molar-refractivity contribution is 0.569. The van der Waals surface area contributed by atoms with Gasteiger partial charge in [0, 0.05) is 35.5 Å². The van der Waals surface area contributed by atoms with Crippen LogP contribution in [0.3, 0.4) is 0 Å². The highest BCUT2D eigenvalue weighted by Crippen LogP contribution is 2.23. The second-order valence-corrected chi connectivity index (χ2v) is 6.75. The third kappa shape index (κ3) is 4.25. The zero-order valence-electron chi connectivity index (χ0n) is 13.5. The normalized spacial score (nSPS) is 11.7. The van der Waals surface area contributed by atoms with Crippen LogP contribution in [-0.4, -0.2) is 21.5 Å². The Morgan fingerprint density at radius 2 is 1.86 bits per heavy atom. The molecule has 0 spiro atoms. The molecule has 0 saturated heterocycles. The Bertz CT molecular complexity index is 582. The Labute approximate surface area is 127 Å². The smallest absolute Gasteiger partial charge is 0.129 e. The maximum Gasteiger partial charge on any atom is 0.129 e. The van der Waals surface area contributed by atoms with E-state index in [1.165, 1.54) is 0 Å².